The van der Waals surface area contributed by atoms with E-state index in [0.29, 0.717) is 28.9 Å². The first kappa shape index (κ1) is 27.2. The van der Waals surface area contributed by atoms with Gasteiger partial charge in [-0.05, 0) is 54.6 Å². The van der Waals surface area contributed by atoms with E-state index in [4.69, 9.17) is 20.9 Å². The van der Waals surface area contributed by atoms with E-state index in [1.54, 1.807) is 29.2 Å². The molecule has 4 rings (SSSR count). The summed E-state index contributed by atoms with van der Waals surface area (Å²) in [6.07, 6.45) is 0.0895. The van der Waals surface area contributed by atoms with Crippen LogP contribution in [0.1, 0.15) is 28.2 Å². The summed E-state index contributed by atoms with van der Waals surface area (Å²) in [5.74, 6) is 0.231. The summed E-state index contributed by atoms with van der Waals surface area (Å²) in [7, 11) is 3.26. The molecular formula is C27H29ClN6O3. The number of esters is 1. The molecule has 0 bridgehead atoms. The minimum atomic E-state index is -0.378. The highest BCUT2D eigenvalue weighted by Gasteiger charge is 2.20. The zero-order valence-corrected chi connectivity index (χ0v) is 21.4. The molecule has 10 heteroatoms. The third-order valence-electron chi connectivity index (χ3n) is 5.95. The van der Waals surface area contributed by atoms with Gasteiger partial charge in [0.2, 0.25) is 0 Å². The third kappa shape index (κ3) is 6.25. The van der Waals surface area contributed by atoms with E-state index in [9.17, 15) is 9.59 Å². The van der Waals surface area contributed by atoms with E-state index < -0.39 is 0 Å². The van der Waals surface area contributed by atoms with Crippen molar-refractivity contribution >= 4 is 52.5 Å². The Balaban J connectivity index is 0.00000380. The number of aryl methyl sites for hydroxylation is 1. The third-order valence-corrected chi connectivity index (χ3v) is 5.95. The molecule has 1 amide bonds. The molecule has 0 unspecified atom stereocenters. The maximum atomic E-state index is 13.5. The summed E-state index contributed by atoms with van der Waals surface area (Å²) in [6.45, 7) is 0.677. The van der Waals surface area contributed by atoms with Crippen molar-refractivity contribution in [3.05, 3.63) is 89.7 Å². The van der Waals surface area contributed by atoms with Crippen molar-refractivity contribution in [3.8, 4) is 0 Å². The number of benzene rings is 3. The van der Waals surface area contributed by atoms with Crippen LogP contribution >= 0.6 is 12.4 Å². The molecule has 0 aliphatic rings. The van der Waals surface area contributed by atoms with Gasteiger partial charge in [0, 0.05) is 36.1 Å². The van der Waals surface area contributed by atoms with Crippen LogP contribution in [-0.2, 0) is 23.1 Å². The topological polar surface area (TPSA) is 126 Å². The van der Waals surface area contributed by atoms with Crippen LogP contribution in [0.2, 0.25) is 0 Å². The number of hydrogen-bond acceptors (Lipinski definition) is 6. The first-order valence-electron chi connectivity index (χ1n) is 11.4. The number of hydrogen-bond donors (Lipinski definition) is 3. The molecule has 9 nitrogen and oxygen atoms in total. The number of carbonyl (C=O) groups excluding carboxylic acids is 2. The van der Waals surface area contributed by atoms with Crippen molar-refractivity contribution < 1.29 is 14.3 Å². The van der Waals surface area contributed by atoms with Crippen LogP contribution < -0.4 is 16.0 Å². The van der Waals surface area contributed by atoms with Gasteiger partial charge in [-0.2, -0.15) is 0 Å². The first-order valence-corrected chi connectivity index (χ1v) is 11.4. The van der Waals surface area contributed by atoms with Gasteiger partial charge in [0.25, 0.3) is 5.91 Å². The van der Waals surface area contributed by atoms with E-state index in [-0.39, 0.29) is 43.1 Å². The number of nitrogens with zero attached hydrogens (tertiary/aromatic N) is 3. The molecule has 37 heavy (non-hydrogen) atoms. The van der Waals surface area contributed by atoms with E-state index >= 15 is 0 Å². The average Bonchev–Trinajstić information content (AvgIpc) is 3.22. The lowest BCUT2D eigenvalue weighted by Crippen LogP contribution is -2.33. The molecule has 3 aromatic carbocycles. The standard InChI is InChI=1S/C27H28N6O3.ClH/c1-32-23-13-10-19(27(35)33(15-14-25(34)36-2)21-6-4-3-5-7-21)16-22(23)31-24(32)17-30-20-11-8-18(9-12-20)26(28)29;/h3-13,16,30H,14-15,17H2,1-2H3,(H3,28,29);1H. The van der Waals surface area contributed by atoms with Gasteiger partial charge in [0.05, 0.1) is 31.1 Å². The number of nitrogens with one attached hydrogen (secondary N) is 2. The summed E-state index contributed by atoms with van der Waals surface area (Å²) < 4.78 is 6.74. The first-order chi connectivity index (χ1) is 17.4. The number of fused-ring (bicyclic) bond motifs is 1. The lowest BCUT2D eigenvalue weighted by molar-refractivity contribution is -0.140. The zero-order chi connectivity index (χ0) is 25.7. The minimum absolute atomic E-state index is 0. The van der Waals surface area contributed by atoms with Crippen LogP contribution in [0.15, 0.2) is 72.8 Å². The molecule has 192 valence electrons. The van der Waals surface area contributed by atoms with E-state index in [1.165, 1.54) is 7.11 Å². The highest BCUT2D eigenvalue weighted by molar-refractivity contribution is 6.07. The quantitative estimate of drug-likeness (QED) is 0.173. The molecule has 0 saturated heterocycles. The number of para-hydroxylation sites is 1. The number of ether oxygens (including phenoxy) is 1. The Morgan fingerprint density at radius 3 is 2.38 bits per heavy atom. The van der Waals surface area contributed by atoms with Crippen molar-refractivity contribution in [1.82, 2.24) is 9.55 Å². The minimum Gasteiger partial charge on any atom is -0.469 e. The smallest absolute Gasteiger partial charge is 0.307 e. The van der Waals surface area contributed by atoms with Crippen LogP contribution in [0.3, 0.4) is 0 Å². The lowest BCUT2D eigenvalue weighted by Gasteiger charge is -2.22. The molecule has 4 aromatic rings. The molecule has 0 atom stereocenters. The van der Waals surface area contributed by atoms with Gasteiger partial charge in [0.15, 0.2) is 0 Å². The van der Waals surface area contributed by atoms with Gasteiger partial charge in [-0.1, -0.05) is 18.2 Å². The highest BCUT2D eigenvalue weighted by Crippen LogP contribution is 2.22. The number of aromatic nitrogens is 2. The Bertz CT molecular complexity index is 1400. The fraction of sp³-hybridized carbons (Fsp3) is 0.185. The van der Waals surface area contributed by atoms with Crippen LogP contribution in [-0.4, -0.2) is 40.9 Å². The number of anilines is 2. The van der Waals surface area contributed by atoms with Gasteiger partial charge < -0.3 is 25.3 Å². The van der Waals surface area contributed by atoms with Crippen molar-refractivity contribution in [1.29, 1.82) is 5.41 Å². The zero-order valence-electron chi connectivity index (χ0n) is 20.6. The Kier molecular flexibility index (Phi) is 8.86. The molecule has 1 aromatic heterocycles. The number of nitrogens with two attached hydrogens (primary N) is 1. The second-order valence-electron chi connectivity index (χ2n) is 8.25. The Morgan fingerprint density at radius 2 is 1.73 bits per heavy atom. The second-order valence-corrected chi connectivity index (χ2v) is 8.25. The van der Waals surface area contributed by atoms with E-state index in [2.05, 4.69) is 5.32 Å². The molecule has 4 N–H and O–H groups in total. The normalized spacial score (nSPS) is 10.4. The predicted octanol–water partition coefficient (Wildman–Crippen LogP) is 4.10. The molecule has 0 saturated carbocycles. The van der Waals surface area contributed by atoms with Crippen molar-refractivity contribution in [2.24, 2.45) is 12.8 Å². The van der Waals surface area contributed by atoms with Gasteiger partial charge >= 0.3 is 5.97 Å². The second kappa shape index (κ2) is 12.0. The number of halogens is 1. The Morgan fingerprint density at radius 1 is 1.05 bits per heavy atom. The fourth-order valence-electron chi connectivity index (χ4n) is 3.91. The number of carbonyl (C=O) groups is 2. The molecule has 1 heterocycles. The molecule has 0 fully saturated rings. The number of imidazole rings is 1. The Labute approximate surface area is 221 Å². The van der Waals surface area contributed by atoms with Crippen LogP contribution in [0.4, 0.5) is 11.4 Å². The monoisotopic (exact) mass is 520 g/mol. The predicted molar refractivity (Wildman–Crippen MR) is 147 cm³/mol. The summed E-state index contributed by atoms with van der Waals surface area (Å²) in [5, 5.41) is 10.8. The molecule has 0 radical (unpaired) electrons. The van der Waals surface area contributed by atoms with Crippen LogP contribution in [0.25, 0.3) is 11.0 Å². The van der Waals surface area contributed by atoms with E-state index in [0.717, 1.165) is 17.0 Å². The van der Waals surface area contributed by atoms with Gasteiger partial charge in [0.1, 0.15) is 11.7 Å². The van der Waals surface area contributed by atoms with Crippen molar-refractivity contribution in [2.45, 2.75) is 13.0 Å². The molecule has 0 aliphatic carbocycles. The highest BCUT2D eigenvalue weighted by atomic mass is 35.5. The van der Waals surface area contributed by atoms with Crippen LogP contribution in [0, 0.1) is 5.41 Å². The summed E-state index contributed by atoms with van der Waals surface area (Å²) in [6, 6.07) is 22.0. The van der Waals surface area contributed by atoms with Gasteiger partial charge in [-0.25, -0.2) is 4.98 Å². The maximum Gasteiger partial charge on any atom is 0.307 e. The average molecular weight is 521 g/mol. The van der Waals surface area contributed by atoms with Crippen molar-refractivity contribution in [2.75, 3.05) is 23.9 Å². The molecule has 0 spiro atoms. The number of nitrogen functional groups attached to an aromatic ring is 1. The van der Waals surface area contributed by atoms with E-state index in [1.807, 2.05) is 60.1 Å². The van der Waals surface area contributed by atoms with Gasteiger partial charge in [-0.3, -0.25) is 15.0 Å². The number of amidine groups is 1. The number of rotatable bonds is 9. The maximum absolute atomic E-state index is 13.5. The van der Waals surface area contributed by atoms with Crippen LogP contribution in [0.5, 0.6) is 0 Å². The van der Waals surface area contributed by atoms with Crippen molar-refractivity contribution in [3.63, 3.8) is 0 Å². The summed E-state index contributed by atoms with van der Waals surface area (Å²) in [4.78, 5) is 31.5. The molecule has 0 aliphatic heterocycles. The largest absolute Gasteiger partial charge is 0.469 e. The number of amides is 1. The number of methoxy groups -OCH3 is 1. The summed E-state index contributed by atoms with van der Waals surface area (Å²) in [5.41, 5.74) is 9.84. The molecular weight excluding hydrogens is 492 g/mol. The Hall–Kier alpha value is -4.37. The lowest BCUT2D eigenvalue weighted by atomic mass is 10.1. The SMILES string of the molecule is COC(=O)CCN(C(=O)c1ccc2c(c1)nc(CNc1ccc(C(=N)N)cc1)n2C)c1ccccc1.Cl. The summed E-state index contributed by atoms with van der Waals surface area (Å²) >= 11 is 0. The van der Waals surface area contributed by atoms with Gasteiger partial charge in [-0.15, -0.1) is 12.4 Å². The fourth-order valence-corrected chi connectivity index (χ4v) is 3.91.